The molecule has 36 heavy (non-hydrogen) atoms. The summed E-state index contributed by atoms with van der Waals surface area (Å²) in [5, 5.41) is 0. The summed E-state index contributed by atoms with van der Waals surface area (Å²) in [4.78, 5) is 32.9. The van der Waals surface area contributed by atoms with E-state index in [-0.39, 0.29) is 36.0 Å². The van der Waals surface area contributed by atoms with Gasteiger partial charge in [0.1, 0.15) is 12.3 Å². The maximum atomic E-state index is 14.1. The standard InChI is InChI=1S/C27H48FN3O5/c1-7-34-24(32)22-10-12-23(13-11-22)35-27(29-15-8-9-16-29,25(33)36-26(4,5)6)30-18-20(2)31(17-14-28)21(3)19-30/h20-23H,7-19H2,1-6H3/t20-,21-,22-,23-,27?/m0/s1. The molecule has 3 fully saturated rings. The van der Waals surface area contributed by atoms with E-state index in [9.17, 15) is 14.0 Å². The van der Waals surface area contributed by atoms with E-state index in [1.807, 2.05) is 27.7 Å². The molecular formula is C27H48FN3O5. The SMILES string of the molecule is CCOC(=O)[C@H]1CC[C@H](OC(C(=O)OC(C)(C)C)(N2CCCC2)N2C[C@H](C)N(CCF)[C@@H](C)C2)CC1. The van der Waals surface area contributed by atoms with E-state index in [0.29, 0.717) is 51.9 Å². The summed E-state index contributed by atoms with van der Waals surface area (Å²) in [7, 11) is 0. The fourth-order valence-corrected chi connectivity index (χ4v) is 6.07. The molecule has 1 aliphatic carbocycles. The molecule has 3 aliphatic rings. The van der Waals surface area contributed by atoms with Crippen LogP contribution in [0.15, 0.2) is 0 Å². The Hall–Kier alpha value is -1.29. The first-order valence-electron chi connectivity index (χ1n) is 13.9. The predicted octanol–water partition coefficient (Wildman–Crippen LogP) is 3.58. The van der Waals surface area contributed by atoms with Gasteiger partial charge in [-0.2, -0.15) is 0 Å². The Morgan fingerprint density at radius 1 is 0.944 bits per heavy atom. The predicted molar refractivity (Wildman–Crippen MR) is 136 cm³/mol. The van der Waals surface area contributed by atoms with Crippen LogP contribution in [-0.2, 0) is 23.8 Å². The van der Waals surface area contributed by atoms with Crippen LogP contribution in [0.25, 0.3) is 0 Å². The molecule has 0 bridgehead atoms. The number of piperazine rings is 1. The molecule has 3 rings (SSSR count). The van der Waals surface area contributed by atoms with Crippen LogP contribution in [0, 0.1) is 5.92 Å². The zero-order valence-corrected chi connectivity index (χ0v) is 23.3. The van der Waals surface area contributed by atoms with Crippen molar-refractivity contribution in [3.63, 3.8) is 0 Å². The van der Waals surface area contributed by atoms with Crippen molar-refractivity contribution >= 4 is 11.9 Å². The van der Waals surface area contributed by atoms with Crippen LogP contribution < -0.4 is 0 Å². The highest BCUT2D eigenvalue weighted by atomic mass is 19.1. The van der Waals surface area contributed by atoms with Crippen LogP contribution >= 0.6 is 0 Å². The molecule has 1 saturated carbocycles. The Balaban J connectivity index is 1.90. The van der Waals surface area contributed by atoms with Gasteiger partial charge in [-0.05, 0) is 80.1 Å². The second-order valence-corrected chi connectivity index (χ2v) is 11.7. The quantitative estimate of drug-likeness (QED) is 0.434. The molecule has 3 atom stereocenters. The van der Waals surface area contributed by atoms with E-state index >= 15 is 0 Å². The molecule has 2 saturated heterocycles. The average Bonchev–Trinajstić information content (AvgIpc) is 3.34. The van der Waals surface area contributed by atoms with Gasteiger partial charge in [-0.15, -0.1) is 0 Å². The Morgan fingerprint density at radius 3 is 2.03 bits per heavy atom. The second-order valence-electron chi connectivity index (χ2n) is 11.7. The van der Waals surface area contributed by atoms with Crippen LogP contribution in [0.4, 0.5) is 4.39 Å². The van der Waals surface area contributed by atoms with Gasteiger partial charge in [0.15, 0.2) is 0 Å². The van der Waals surface area contributed by atoms with Gasteiger partial charge in [0.25, 0.3) is 5.85 Å². The van der Waals surface area contributed by atoms with Gasteiger partial charge in [0.05, 0.1) is 18.6 Å². The van der Waals surface area contributed by atoms with Gasteiger partial charge < -0.3 is 14.2 Å². The van der Waals surface area contributed by atoms with Gasteiger partial charge in [-0.1, -0.05) is 0 Å². The Bertz CT molecular complexity index is 721. The summed E-state index contributed by atoms with van der Waals surface area (Å²) >= 11 is 0. The molecule has 0 spiro atoms. The first kappa shape index (κ1) is 29.3. The van der Waals surface area contributed by atoms with Crippen molar-refractivity contribution in [3.05, 3.63) is 0 Å². The molecule has 1 unspecified atom stereocenters. The topological polar surface area (TPSA) is 71.5 Å². The number of ether oxygens (including phenoxy) is 3. The first-order valence-corrected chi connectivity index (χ1v) is 13.9. The number of carbonyl (C=O) groups is 2. The lowest BCUT2D eigenvalue weighted by atomic mass is 9.87. The molecule has 0 aromatic carbocycles. The van der Waals surface area contributed by atoms with Crippen LogP contribution in [0.5, 0.6) is 0 Å². The summed E-state index contributed by atoms with van der Waals surface area (Å²) in [5.74, 6) is -1.96. The Kier molecular flexibility index (Phi) is 10.2. The molecule has 9 heteroatoms. The van der Waals surface area contributed by atoms with Gasteiger partial charge in [0.2, 0.25) is 0 Å². The summed E-state index contributed by atoms with van der Waals surface area (Å²) in [6, 6.07) is 0.133. The largest absolute Gasteiger partial charge is 0.466 e. The van der Waals surface area contributed by atoms with Gasteiger partial charge >= 0.3 is 11.9 Å². The summed E-state index contributed by atoms with van der Waals surface area (Å²) < 4.78 is 31.5. The lowest BCUT2D eigenvalue weighted by Gasteiger charge is -2.54. The highest BCUT2D eigenvalue weighted by Crippen LogP contribution is 2.38. The minimum Gasteiger partial charge on any atom is -0.466 e. The first-order chi connectivity index (χ1) is 17.0. The number of hydrogen-bond acceptors (Lipinski definition) is 8. The van der Waals surface area contributed by atoms with Crippen LogP contribution in [-0.4, -0.2) is 102 Å². The minimum atomic E-state index is -1.34. The number of carbonyl (C=O) groups excluding carboxylic acids is 2. The van der Waals surface area contributed by atoms with E-state index in [1.165, 1.54) is 0 Å². The van der Waals surface area contributed by atoms with Gasteiger partial charge in [-0.25, -0.2) is 14.1 Å². The average molecular weight is 514 g/mol. The molecule has 2 aliphatic heterocycles. The van der Waals surface area contributed by atoms with Crippen LogP contribution in [0.1, 0.15) is 80.1 Å². The molecule has 0 N–H and O–H groups in total. The number of rotatable bonds is 9. The maximum Gasteiger partial charge on any atom is 0.371 e. The van der Waals surface area contributed by atoms with Crippen molar-refractivity contribution in [1.29, 1.82) is 0 Å². The maximum absolute atomic E-state index is 14.1. The van der Waals surface area contributed by atoms with Crippen molar-refractivity contribution in [2.75, 3.05) is 46.0 Å². The van der Waals surface area contributed by atoms with Crippen molar-refractivity contribution in [1.82, 2.24) is 14.7 Å². The Labute approximate surface area is 216 Å². The van der Waals surface area contributed by atoms with E-state index in [2.05, 4.69) is 28.5 Å². The monoisotopic (exact) mass is 513 g/mol. The Morgan fingerprint density at radius 2 is 1.53 bits per heavy atom. The summed E-state index contributed by atoms with van der Waals surface area (Å²) in [6.45, 7) is 14.7. The van der Waals surface area contributed by atoms with Crippen LogP contribution in [0.3, 0.4) is 0 Å². The minimum absolute atomic E-state index is 0.0667. The summed E-state index contributed by atoms with van der Waals surface area (Å²) in [5.41, 5.74) is -0.666. The fraction of sp³-hybridized carbons (Fsp3) is 0.926. The highest BCUT2D eigenvalue weighted by Gasteiger charge is 2.57. The third-order valence-corrected chi connectivity index (χ3v) is 7.70. The molecule has 0 aromatic heterocycles. The second kappa shape index (κ2) is 12.5. The molecule has 0 amide bonds. The number of esters is 2. The molecule has 208 valence electrons. The molecular weight excluding hydrogens is 465 g/mol. The normalized spacial score (nSPS) is 30.6. The highest BCUT2D eigenvalue weighted by molar-refractivity contribution is 5.79. The molecule has 2 heterocycles. The zero-order valence-electron chi connectivity index (χ0n) is 23.3. The van der Waals surface area contributed by atoms with Gasteiger partial charge in [-0.3, -0.25) is 14.6 Å². The number of nitrogens with zero attached hydrogens (tertiary/aromatic N) is 3. The fourth-order valence-electron chi connectivity index (χ4n) is 6.07. The number of likely N-dealkylation sites (tertiary alicyclic amines) is 1. The van der Waals surface area contributed by atoms with Crippen molar-refractivity contribution < 1.29 is 28.2 Å². The van der Waals surface area contributed by atoms with Crippen molar-refractivity contribution in [2.24, 2.45) is 5.92 Å². The van der Waals surface area contributed by atoms with Crippen molar-refractivity contribution in [2.45, 2.75) is 110 Å². The number of hydrogen-bond donors (Lipinski definition) is 0. The number of alkyl halides is 1. The number of halogens is 1. The van der Waals surface area contributed by atoms with E-state index in [0.717, 1.165) is 25.9 Å². The third kappa shape index (κ3) is 6.77. The molecule has 8 nitrogen and oxygen atoms in total. The molecule has 0 aromatic rings. The third-order valence-electron chi connectivity index (χ3n) is 7.70. The van der Waals surface area contributed by atoms with Crippen LogP contribution in [0.2, 0.25) is 0 Å². The van der Waals surface area contributed by atoms with E-state index in [1.54, 1.807) is 0 Å². The summed E-state index contributed by atoms with van der Waals surface area (Å²) in [6.07, 6.45) is 4.57. The lowest BCUT2D eigenvalue weighted by Crippen LogP contribution is -2.73. The zero-order chi connectivity index (χ0) is 26.5. The van der Waals surface area contributed by atoms with Crippen molar-refractivity contribution in [3.8, 4) is 0 Å². The smallest absolute Gasteiger partial charge is 0.371 e. The van der Waals surface area contributed by atoms with Gasteiger partial charge in [0, 0.05) is 44.8 Å². The lowest BCUT2D eigenvalue weighted by molar-refractivity contribution is -0.285. The van der Waals surface area contributed by atoms with E-state index in [4.69, 9.17) is 14.2 Å². The molecule has 0 radical (unpaired) electrons. The van der Waals surface area contributed by atoms with E-state index < -0.39 is 18.1 Å².